The lowest BCUT2D eigenvalue weighted by molar-refractivity contribution is -0.126. The molecule has 15 heavy (non-hydrogen) atoms. The van der Waals surface area contributed by atoms with E-state index in [0.29, 0.717) is 6.54 Å². The number of likely N-dealkylation sites (tertiary alicyclic amines) is 1. The summed E-state index contributed by atoms with van der Waals surface area (Å²) in [6.45, 7) is 6.11. The van der Waals surface area contributed by atoms with Gasteiger partial charge in [0.1, 0.15) is 6.10 Å². The van der Waals surface area contributed by atoms with Gasteiger partial charge in [0, 0.05) is 12.6 Å². The Hall–Kier alpha value is -1.26. The first-order valence-corrected chi connectivity index (χ1v) is 5.01. The molecule has 5 heteroatoms. The molecule has 86 valence electrons. The minimum atomic E-state index is -0.462. The zero-order valence-electron chi connectivity index (χ0n) is 9.66. The second-order valence-electron chi connectivity index (χ2n) is 4.88. The summed E-state index contributed by atoms with van der Waals surface area (Å²) >= 11 is 0. The van der Waals surface area contributed by atoms with Gasteiger partial charge in [0.25, 0.3) is 0 Å². The van der Waals surface area contributed by atoms with Gasteiger partial charge >= 0.3 is 6.09 Å². The first-order chi connectivity index (χ1) is 6.78. The summed E-state index contributed by atoms with van der Waals surface area (Å²) < 4.78 is 5.12. The van der Waals surface area contributed by atoms with Crippen molar-refractivity contribution in [2.75, 3.05) is 13.6 Å². The van der Waals surface area contributed by atoms with Crippen LogP contribution in [0.25, 0.3) is 0 Å². The van der Waals surface area contributed by atoms with E-state index in [1.54, 1.807) is 11.9 Å². The van der Waals surface area contributed by atoms with Gasteiger partial charge in [-0.1, -0.05) is 0 Å². The third-order valence-electron chi connectivity index (χ3n) is 2.06. The Labute approximate surface area is 89.8 Å². The van der Waals surface area contributed by atoms with Crippen LogP contribution < -0.4 is 5.32 Å². The van der Waals surface area contributed by atoms with Crippen molar-refractivity contribution in [1.82, 2.24) is 10.2 Å². The maximum absolute atomic E-state index is 11.4. The van der Waals surface area contributed by atoms with Gasteiger partial charge in [-0.3, -0.25) is 4.79 Å². The zero-order valence-corrected chi connectivity index (χ0v) is 9.66. The van der Waals surface area contributed by atoms with Gasteiger partial charge in [0.2, 0.25) is 5.91 Å². The maximum atomic E-state index is 11.4. The fourth-order valence-corrected chi connectivity index (χ4v) is 1.39. The van der Waals surface area contributed by atoms with Gasteiger partial charge < -0.3 is 15.0 Å². The van der Waals surface area contributed by atoms with Crippen molar-refractivity contribution >= 4 is 12.0 Å². The fraction of sp³-hybridized carbons (Fsp3) is 0.800. The lowest BCUT2D eigenvalue weighted by atomic mass is 10.1. The first kappa shape index (κ1) is 11.8. The molecule has 0 aromatic rings. The Bertz CT molecular complexity index is 270. The van der Waals surface area contributed by atoms with E-state index >= 15 is 0 Å². The van der Waals surface area contributed by atoms with Crippen LogP contribution in [0.3, 0.4) is 0 Å². The van der Waals surface area contributed by atoms with Crippen molar-refractivity contribution in [2.24, 2.45) is 0 Å². The van der Waals surface area contributed by atoms with Crippen molar-refractivity contribution in [1.29, 1.82) is 0 Å². The van der Waals surface area contributed by atoms with Gasteiger partial charge in [-0.15, -0.1) is 0 Å². The second-order valence-corrected chi connectivity index (χ2v) is 4.88. The van der Waals surface area contributed by atoms with Crippen molar-refractivity contribution in [3.63, 3.8) is 0 Å². The van der Waals surface area contributed by atoms with Crippen molar-refractivity contribution in [2.45, 2.75) is 38.8 Å². The summed E-state index contributed by atoms with van der Waals surface area (Å²) in [6.07, 6.45) is -0.492. The molecule has 1 heterocycles. The minimum Gasteiger partial charge on any atom is -0.444 e. The summed E-state index contributed by atoms with van der Waals surface area (Å²) in [5.41, 5.74) is -0.314. The SMILES string of the molecule is CN1CC(OC(=O)NC(C)(C)C)CC1=O. The molecule has 1 saturated heterocycles. The van der Waals surface area contributed by atoms with Crippen LogP contribution >= 0.6 is 0 Å². The Balaban J connectivity index is 2.37. The molecule has 1 N–H and O–H groups in total. The van der Waals surface area contributed by atoms with Gasteiger partial charge in [0.15, 0.2) is 0 Å². The molecule has 0 radical (unpaired) electrons. The molecule has 1 aliphatic heterocycles. The Morgan fingerprint density at radius 1 is 1.53 bits per heavy atom. The number of amides is 2. The van der Waals surface area contributed by atoms with Crippen molar-refractivity contribution < 1.29 is 14.3 Å². The Morgan fingerprint density at radius 3 is 2.53 bits per heavy atom. The summed E-state index contributed by atoms with van der Waals surface area (Å²) in [7, 11) is 1.70. The molecule has 0 aromatic heterocycles. The average Bonchev–Trinajstić information content (AvgIpc) is 2.26. The van der Waals surface area contributed by atoms with Gasteiger partial charge in [-0.25, -0.2) is 4.79 Å². The van der Waals surface area contributed by atoms with Crippen LogP contribution in [-0.4, -0.2) is 42.1 Å². The van der Waals surface area contributed by atoms with Crippen molar-refractivity contribution in [3.05, 3.63) is 0 Å². The summed E-state index contributed by atoms with van der Waals surface area (Å²) in [4.78, 5) is 24.1. The van der Waals surface area contributed by atoms with Crippen LogP contribution in [0.5, 0.6) is 0 Å². The lowest BCUT2D eigenvalue weighted by Gasteiger charge is -2.21. The zero-order chi connectivity index (χ0) is 11.6. The number of ether oxygens (including phenoxy) is 1. The molecule has 0 bridgehead atoms. The molecule has 1 aliphatic rings. The first-order valence-electron chi connectivity index (χ1n) is 5.01. The highest BCUT2D eigenvalue weighted by atomic mass is 16.6. The van der Waals surface area contributed by atoms with Crippen molar-refractivity contribution in [3.8, 4) is 0 Å². The number of hydrogen-bond acceptors (Lipinski definition) is 3. The molecular formula is C10H18N2O3. The predicted molar refractivity (Wildman–Crippen MR) is 55.4 cm³/mol. The fourth-order valence-electron chi connectivity index (χ4n) is 1.39. The van der Waals surface area contributed by atoms with Crippen LogP contribution in [0.4, 0.5) is 4.79 Å². The van der Waals surface area contributed by atoms with E-state index in [1.165, 1.54) is 0 Å². The largest absolute Gasteiger partial charge is 0.444 e. The monoisotopic (exact) mass is 214 g/mol. The predicted octanol–water partition coefficient (Wildman–Crippen LogP) is 0.742. The van der Waals surface area contributed by atoms with Crippen LogP contribution in [-0.2, 0) is 9.53 Å². The molecule has 0 spiro atoms. The number of carbonyl (C=O) groups excluding carboxylic acids is 2. The molecule has 2 amide bonds. The van der Waals surface area contributed by atoms with Crippen LogP contribution in [0.2, 0.25) is 0 Å². The van der Waals surface area contributed by atoms with E-state index in [-0.39, 0.29) is 24.0 Å². The van der Waals surface area contributed by atoms with E-state index in [4.69, 9.17) is 4.74 Å². The number of likely N-dealkylation sites (N-methyl/N-ethyl adjacent to an activating group) is 1. The lowest BCUT2D eigenvalue weighted by Crippen LogP contribution is -2.42. The number of nitrogens with one attached hydrogen (secondary N) is 1. The van der Waals surface area contributed by atoms with Crippen LogP contribution in [0.1, 0.15) is 27.2 Å². The molecule has 0 aliphatic carbocycles. The smallest absolute Gasteiger partial charge is 0.407 e. The van der Waals surface area contributed by atoms with Crippen LogP contribution in [0, 0.1) is 0 Å². The number of rotatable bonds is 1. The highest BCUT2D eigenvalue weighted by Crippen LogP contribution is 2.12. The quantitative estimate of drug-likeness (QED) is 0.700. The summed E-state index contributed by atoms with van der Waals surface area (Å²) in [5.74, 6) is 0.0172. The van der Waals surface area contributed by atoms with E-state index in [9.17, 15) is 9.59 Å². The molecule has 0 aromatic carbocycles. The summed E-state index contributed by atoms with van der Waals surface area (Å²) in [6, 6.07) is 0. The highest BCUT2D eigenvalue weighted by Gasteiger charge is 2.30. The van der Waals surface area contributed by atoms with E-state index in [1.807, 2.05) is 20.8 Å². The Morgan fingerprint density at radius 2 is 2.13 bits per heavy atom. The number of carbonyl (C=O) groups is 2. The van der Waals surface area contributed by atoms with E-state index in [2.05, 4.69) is 5.32 Å². The molecule has 1 atom stereocenters. The number of alkyl carbamates (subject to hydrolysis) is 1. The van der Waals surface area contributed by atoms with Gasteiger partial charge in [-0.05, 0) is 20.8 Å². The highest BCUT2D eigenvalue weighted by molar-refractivity contribution is 5.79. The third kappa shape index (κ3) is 3.77. The molecule has 1 rings (SSSR count). The molecule has 1 fully saturated rings. The normalized spacial score (nSPS) is 21.7. The average molecular weight is 214 g/mol. The summed E-state index contributed by atoms with van der Waals surface area (Å²) in [5, 5.41) is 2.68. The van der Waals surface area contributed by atoms with E-state index in [0.717, 1.165) is 0 Å². The topological polar surface area (TPSA) is 58.6 Å². The number of hydrogen-bond donors (Lipinski definition) is 1. The standard InChI is InChI=1S/C10H18N2O3/c1-10(2,3)11-9(14)15-7-5-8(13)12(4)6-7/h7H,5-6H2,1-4H3,(H,11,14). The van der Waals surface area contributed by atoms with Crippen LogP contribution in [0.15, 0.2) is 0 Å². The molecule has 5 nitrogen and oxygen atoms in total. The molecule has 1 unspecified atom stereocenters. The van der Waals surface area contributed by atoms with E-state index < -0.39 is 6.09 Å². The molecule has 0 saturated carbocycles. The molecular weight excluding hydrogens is 196 g/mol. The van der Waals surface area contributed by atoms with Gasteiger partial charge in [-0.2, -0.15) is 0 Å². The third-order valence-corrected chi connectivity index (χ3v) is 2.06. The second kappa shape index (κ2) is 4.08. The maximum Gasteiger partial charge on any atom is 0.407 e. The number of nitrogens with zero attached hydrogens (tertiary/aromatic N) is 1. The Kier molecular flexibility index (Phi) is 3.21. The minimum absolute atomic E-state index is 0.0172. The van der Waals surface area contributed by atoms with Gasteiger partial charge in [0.05, 0.1) is 13.0 Å².